The minimum Gasteiger partial charge on any atom is -0.484 e. The van der Waals surface area contributed by atoms with Crippen LogP contribution >= 0.6 is 0 Å². The molecule has 0 aliphatic rings. The van der Waals surface area contributed by atoms with Gasteiger partial charge in [0.05, 0.1) is 10.6 Å². The van der Waals surface area contributed by atoms with Crippen molar-refractivity contribution in [3.05, 3.63) is 90.0 Å². The fourth-order valence-corrected chi connectivity index (χ4v) is 4.70. The fourth-order valence-electron chi connectivity index (χ4n) is 3.27. The third kappa shape index (κ3) is 4.71. The van der Waals surface area contributed by atoms with Gasteiger partial charge >= 0.3 is 0 Å². The van der Waals surface area contributed by atoms with Crippen LogP contribution < -0.4 is 9.04 Å². The summed E-state index contributed by atoms with van der Waals surface area (Å²) in [5.74, 6) is 0.233. The van der Waals surface area contributed by atoms with E-state index in [1.165, 1.54) is 17.7 Å². The second-order valence-corrected chi connectivity index (χ2v) is 9.06. The zero-order valence-corrected chi connectivity index (χ0v) is 18.1. The molecule has 3 aromatic rings. The Hall–Kier alpha value is -3.12. The van der Waals surface area contributed by atoms with Crippen molar-refractivity contribution in [2.24, 2.45) is 0 Å². The lowest BCUT2D eigenvalue weighted by Gasteiger charge is -2.23. The smallest absolute Gasteiger partial charge is 0.278 e. The van der Waals surface area contributed by atoms with Gasteiger partial charge in [0.25, 0.3) is 15.9 Å². The number of carbonyl (C=O) groups is 1. The number of aryl methyl sites for hydroxylation is 1. The standard InChI is InChI=1S/C24H25NO4S/c1-18(2)23-15-14-21(16-19(23)3)29-17-24(26)25(20-10-6-4-7-11-20)30(27,28)22-12-8-5-9-13-22/h4-16,18H,17H2,1-3H3. The number of benzene rings is 3. The van der Waals surface area contributed by atoms with Crippen molar-refractivity contribution >= 4 is 21.6 Å². The number of sulfonamides is 1. The summed E-state index contributed by atoms with van der Waals surface area (Å²) in [4.78, 5) is 13.1. The number of amides is 1. The molecule has 0 N–H and O–H groups in total. The zero-order chi connectivity index (χ0) is 21.7. The van der Waals surface area contributed by atoms with Crippen molar-refractivity contribution in [3.63, 3.8) is 0 Å². The Kier molecular flexibility index (Phi) is 6.57. The number of hydrogen-bond donors (Lipinski definition) is 0. The second kappa shape index (κ2) is 9.13. The molecule has 0 bridgehead atoms. The summed E-state index contributed by atoms with van der Waals surface area (Å²) < 4.78 is 32.9. The van der Waals surface area contributed by atoms with Crippen LogP contribution in [0.25, 0.3) is 0 Å². The van der Waals surface area contributed by atoms with Crippen LogP contribution in [0.1, 0.15) is 30.9 Å². The number of rotatable bonds is 7. The number of carbonyl (C=O) groups excluding carboxylic acids is 1. The first-order valence-corrected chi connectivity index (χ1v) is 11.2. The van der Waals surface area contributed by atoms with Gasteiger partial charge in [-0.05, 0) is 60.4 Å². The summed E-state index contributed by atoms with van der Waals surface area (Å²) in [6.07, 6.45) is 0. The molecule has 0 atom stereocenters. The van der Waals surface area contributed by atoms with Crippen molar-refractivity contribution in [3.8, 4) is 5.75 Å². The molecule has 0 aliphatic carbocycles. The monoisotopic (exact) mass is 423 g/mol. The highest BCUT2D eigenvalue weighted by atomic mass is 32.2. The number of hydrogen-bond acceptors (Lipinski definition) is 4. The van der Waals surface area contributed by atoms with Crippen LogP contribution in [-0.2, 0) is 14.8 Å². The Morgan fingerprint density at radius 3 is 2.10 bits per heavy atom. The van der Waals surface area contributed by atoms with Gasteiger partial charge in [-0.15, -0.1) is 0 Å². The maximum atomic E-state index is 13.2. The molecule has 0 aliphatic heterocycles. The summed E-state index contributed by atoms with van der Waals surface area (Å²) in [5.41, 5.74) is 2.53. The van der Waals surface area contributed by atoms with E-state index in [0.717, 1.165) is 9.87 Å². The Labute approximate surface area is 178 Å². The molecule has 0 fully saturated rings. The van der Waals surface area contributed by atoms with Crippen LogP contribution in [0.5, 0.6) is 5.75 Å². The molecule has 0 saturated carbocycles. The average Bonchev–Trinajstić information content (AvgIpc) is 2.73. The highest BCUT2D eigenvalue weighted by Crippen LogP contribution is 2.26. The molecular formula is C24H25NO4S. The highest BCUT2D eigenvalue weighted by molar-refractivity contribution is 7.93. The minimum absolute atomic E-state index is 0.0410. The molecule has 0 spiro atoms. The van der Waals surface area contributed by atoms with E-state index in [9.17, 15) is 13.2 Å². The van der Waals surface area contributed by atoms with Crippen molar-refractivity contribution in [2.45, 2.75) is 31.6 Å². The lowest BCUT2D eigenvalue weighted by molar-refractivity contribution is -0.119. The predicted octanol–water partition coefficient (Wildman–Crippen LogP) is 4.92. The normalized spacial score (nSPS) is 11.3. The van der Waals surface area contributed by atoms with Crippen molar-refractivity contribution in [1.29, 1.82) is 0 Å². The van der Waals surface area contributed by atoms with Gasteiger partial charge in [-0.1, -0.05) is 56.3 Å². The topological polar surface area (TPSA) is 63.7 Å². The summed E-state index contributed by atoms with van der Waals surface area (Å²) in [6, 6.07) is 21.8. The quantitative estimate of drug-likeness (QED) is 0.541. The molecule has 0 saturated heterocycles. The highest BCUT2D eigenvalue weighted by Gasteiger charge is 2.31. The summed E-state index contributed by atoms with van der Waals surface area (Å²) in [6.45, 7) is 5.80. The van der Waals surface area contributed by atoms with Gasteiger partial charge in [0.1, 0.15) is 5.75 Å². The Morgan fingerprint density at radius 1 is 0.933 bits per heavy atom. The first-order valence-electron chi connectivity index (χ1n) is 9.72. The molecule has 0 unspecified atom stereocenters. The summed E-state index contributed by atoms with van der Waals surface area (Å²) in [7, 11) is -4.08. The predicted molar refractivity (Wildman–Crippen MR) is 118 cm³/mol. The van der Waals surface area contributed by atoms with E-state index in [4.69, 9.17) is 4.74 Å². The van der Waals surface area contributed by atoms with Gasteiger partial charge in [0.15, 0.2) is 6.61 Å². The third-order valence-electron chi connectivity index (χ3n) is 4.72. The Morgan fingerprint density at radius 2 is 1.53 bits per heavy atom. The molecule has 30 heavy (non-hydrogen) atoms. The lowest BCUT2D eigenvalue weighted by atomic mass is 9.98. The molecule has 0 heterocycles. The first-order chi connectivity index (χ1) is 14.3. The maximum absolute atomic E-state index is 13.2. The largest absolute Gasteiger partial charge is 0.484 e. The van der Waals surface area contributed by atoms with Crippen LogP contribution in [0.4, 0.5) is 5.69 Å². The van der Waals surface area contributed by atoms with E-state index >= 15 is 0 Å². The van der Waals surface area contributed by atoms with Crippen molar-refractivity contribution in [1.82, 2.24) is 0 Å². The Balaban J connectivity index is 1.88. The molecule has 3 aromatic carbocycles. The van der Waals surface area contributed by atoms with E-state index in [2.05, 4.69) is 13.8 Å². The van der Waals surface area contributed by atoms with Gasteiger partial charge in [0.2, 0.25) is 0 Å². The fraction of sp³-hybridized carbons (Fsp3) is 0.208. The van der Waals surface area contributed by atoms with Crippen molar-refractivity contribution in [2.75, 3.05) is 10.9 Å². The molecule has 5 nitrogen and oxygen atoms in total. The van der Waals surface area contributed by atoms with Gasteiger partial charge in [-0.2, -0.15) is 4.31 Å². The average molecular weight is 424 g/mol. The second-order valence-electron chi connectivity index (χ2n) is 7.27. The molecule has 0 aromatic heterocycles. The number of nitrogens with zero attached hydrogens (tertiary/aromatic N) is 1. The van der Waals surface area contributed by atoms with E-state index in [-0.39, 0.29) is 10.6 Å². The summed E-state index contributed by atoms with van der Waals surface area (Å²) >= 11 is 0. The van der Waals surface area contributed by atoms with Crippen LogP contribution in [0.15, 0.2) is 83.8 Å². The van der Waals surface area contributed by atoms with E-state index < -0.39 is 22.5 Å². The third-order valence-corrected chi connectivity index (χ3v) is 6.49. The molecule has 1 amide bonds. The molecule has 6 heteroatoms. The van der Waals surface area contributed by atoms with Gasteiger partial charge in [0, 0.05) is 0 Å². The number of anilines is 1. The SMILES string of the molecule is Cc1cc(OCC(=O)N(c2ccccc2)S(=O)(=O)c2ccccc2)ccc1C(C)C. The lowest BCUT2D eigenvalue weighted by Crippen LogP contribution is -2.40. The van der Waals surface area contributed by atoms with E-state index in [1.807, 2.05) is 19.1 Å². The van der Waals surface area contributed by atoms with Crippen LogP contribution in [0.3, 0.4) is 0 Å². The van der Waals surface area contributed by atoms with Gasteiger partial charge in [-0.3, -0.25) is 4.79 Å². The van der Waals surface area contributed by atoms with Crippen LogP contribution in [0, 0.1) is 6.92 Å². The molecular weight excluding hydrogens is 398 g/mol. The van der Waals surface area contributed by atoms with E-state index in [1.54, 1.807) is 54.6 Å². The molecule has 3 rings (SSSR count). The van der Waals surface area contributed by atoms with Crippen LogP contribution in [0.2, 0.25) is 0 Å². The van der Waals surface area contributed by atoms with Crippen molar-refractivity contribution < 1.29 is 17.9 Å². The van der Waals surface area contributed by atoms with Gasteiger partial charge in [-0.25, -0.2) is 8.42 Å². The molecule has 156 valence electrons. The zero-order valence-electron chi connectivity index (χ0n) is 17.3. The van der Waals surface area contributed by atoms with E-state index in [0.29, 0.717) is 11.7 Å². The Bertz CT molecular complexity index is 1110. The maximum Gasteiger partial charge on any atom is 0.278 e. The summed E-state index contributed by atoms with van der Waals surface area (Å²) in [5, 5.41) is 0. The first kappa shape index (κ1) is 21.6. The minimum atomic E-state index is -4.08. The van der Waals surface area contributed by atoms with Gasteiger partial charge < -0.3 is 4.74 Å². The number of para-hydroxylation sites is 1. The number of ether oxygens (including phenoxy) is 1. The van der Waals surface area contributed by atoms with Crippen LogP contribution in [-0.4, -0.2) is 20.9 Å². The molecule has 0 radical (unpaired) electrons.